The Morgan fingerprint density at radius 2 is 1.94 bits per heavy atom. The van der Waals surface area contributed by atoms with E-state index in [1.54, 1.807) is 7.11 Å². The average Bonchev–Trinajstić information content (AvgIpc) is 2.88. The van der Waals surface area contributed by atoms with E-state index in [0.29, 0.717) is 26.2 Å². The minimum absolute atomic E-state index is 0.0151. The predicted octanol–water partition coefficient (Wildman–Crippen LogP) is -0.222. The number of nitrogens with zero attached hydrogens (tertiary/aromatic N) is 1. The second-order valence-electron chi connectivity index (χ2n) is 4.23. The van der Waals surface area contributed by atoms with Gasteiger partial charge in [0.2, 0.25) is 11.8 Å². The van der Waals surface area contributed by atoms with Gasteiger partial charge in [-0.05, 0) is 12.8 Å². The van der Waals surface area contributed by atoms with Crippen LogP contribution < -0.4 is 5.32 Å². The van der Waals surface area contributed by atoms with Crippen molar-refractivity contribution in [2.75, 3.05) is 46.6 Å². The predicted molar refractivity (Wildman–Crippen MR) is 66.1 cm³/mol. The highest BCUT2D eigenvalue weighted by Crippen LogP contribution is 2.08. The molecule has 0 bridgehead atoms. The van der Waals surface area contributed by atoms with Gasteiger partial charge in [-0.25, -0.2) is 0 Å². The van der Waals surface area contributed by atoms with Gasteiger partial charge in [-0.1, -0.05) is 0 Å². The highest BCUT2D eigenvalue weighted by atomic mass is 16.5. The first-order valence-electron chi connectivity index (χ1n) is 6.35. The van der Waals surface area contributed by atoms with Crippen molar-refractivity contribution in [2.45, 2.75) is 19.3 Å². The van der Waals surface area contributed by atoms with E-state index in [1.807, 2.05) is 4.90 Å². The highest BCUT2D eigenvalue weighted by molar-refractivity contribution is 5.79. The van der Waals surface area contributed by atoms with Gasteiger partial charge in [0.25, 0.3) is 0 Å². The van der Waals surface area contributed by atoms with Gasteiger partial charge in [-0.2, -0.15) is 0 Å². The fourth-order valence-corrected chi connectivity index (χ4v) is 1.79. The molecule has 0 unspecified atom stereocenters. The molecule has 1 heterocycles. The van der Waals surface area contributed by atoms with E-state index in [-0.39, 0.29) is 18.4 Å². The van der Waals surface area contributed by atoms with Gasteiger partial charge < -0.3 is 19.7 Å². The second kappa shape index (κ2) is 8.88. The summed E-state index contributed by atoms with van der Waals surface area (Å²) in [4.78, 5) is 24.8. The molecule has 1 rings (SSSR count). The molecule has 0 aromatic heterocycles. The van der Waals surface area contributed by atoms with Crippen molar-refractivity contribution < 1.29 is 19.1 Å². The quantitative estimate of drug-likeness (QED) is 0.611. The average molecular weight is 258 g/mol. The first-order valence-corrected chi connectivity index (χ1v) is 6.35. The van der Waals surface area contributed by atoms with Crippen LogP contribution in [0.15, 0.2) is 0 Å². The van der Waals surface area contributed by atoms with Gasteiger partial charge in [-0.15, -0.1) is 0 Å². The smallest absolute Gasteiger partial charge is 0.246 e. The van der Waals surface area contributed by atoms with Crippen LogP contribution in [0, 0.1) is 0 Å². The van der Waals surface area contributed by atoms with Crippen LogP contribution in [0.4, 0.5) is 0 Å². The SMILES string of the molecule is COCCOCC(=O)NCCC(=O)N1CCCC1. The Labute approximate surface area is 108 Å². The van der Waals surface area contributed by atoms with Crippen LogP contribution in [-0.4, -0.2) is 63.3 Å². The van der Waals surface area contributed by atoms with Gasteiger partial charge in [-0.3, -0.25) is 9.59 Å². The third-order valence-corrected chi connectivity index (χ3v) is 2.78. The van der Waals surface area contributed by atoms with E-state index < -0.39 is 0 Å². The Morgan fingerprint density at radius 3 is 2.61 bits per heavy atom. The monoisotopic (exact) mass is 258 g/mol. The summed E-state index contributed by atoms with van der Waals surface area (Å²) in [6.45, 7) is 2.97. The Balaban J connectivity index is 1.99. The number of amides is 2. The Morgan fingerprint density at radius 1 is 1.22 bits per heavy atom. The van der Waals surface area contributed by atoms with Crippen LogP contribution in [0.3, 0.4) is 0 Å². The van der Waals surface area contributed by atoms with E-state index in [1.165, 1.54) is 0 Å². The molecule has 1 saturated heterocycles. The van der Waals surface area contributed by atoms with Crippen LogP contribution in [-0.2, 0) is 19.1 Å². The molecule has 2 amide bonds. The summed E-state index contributed by atoms with van der Waals surface area (Å²) in [6, 6.07) is 0. The maximum atomic E-state index is 11.7. The van der Waals surface area contributed by atoms with E-state index in [2.05, 4.69) is 5.32 Å². The molecule has 6 heteroatoms. The lowest BCUT2D eigenvalue weighted by molar-refractivity contribution is -0.130. The number of carbonyl (C=O) groups excluding carboxylic acids is 2. The normalized spacial score (nSPS) is 14.8. The molecule has 0 atom stereocenters. The van der Waals surface area contributed by atoms with Gasteiger partial charge in [0.1, 0.15) is 6.61 Å². The largest absolute Gasteiger partial charge is 0.382 e. The molecule has 0 saturated carbocycles. The van der Waals surface area contributed by atoms with E-state index >= 15 is 0 Å². The summed E-state index contributed by atoms with van der Waals surface area (Å²) in [5.74, 6) is -0.0755. The number of likely N-dealkylation sites (tertiary alicyclic amines) is 1. The van der Waals surface area contributed by atoms with Crippen molar-refractivity contribution in [1.29, 1.82) is 0 Å². The lowest BCUT2D eigenvalue weighted by Crippen LogP contribution is -2.34. The van der Waals surface area contributed by atoms with E-state index in [9.17, 15) is 9.59 Å². The van der Waals surface area contributed by atoms with Gasteiger partial charge in [0.05, 0.1) is 13.2 Å². The second-order valence-corrected chi connectivity index (χ2v) is 4.23. The molecular weight excluding hydrogens is 236 g/mol. The fourth-order valence-electron chi connectivity index (χ4n) is 1.79. The first-order chi connectivity index (χ1) is 8.74. The summed E-state index contributed by atoms with van der Waals surface area (Å²) in [7, 11) is 1.58. The third kappa shape index (κ3) is 5.97. The van der Waals surface area contributed by atoms with Gasteiger partial charge in [0, 0.05) is 33.2 Å². The molecule has 1 aliphatic rings. The standard InChI is InChI=1S/C12H22N2O4/c1-17-8-9-18-10-11(15)13-5-4-12(16)14-6-2-3-7-14/h2-10H2,1H3,(H,13,15). The molecule has 0 radical (unpaired) electrons. The molecule has 0 aliphatic carbocycles. The molecule has 1 fully saturated rings. The van der Waals surface area contributed by atoms with Gasteiger partial charge in [0.15, 0.2) is 0 Å². The van der Waals surface area contributed by atoms with Crippen LogP contribution in [0.25, 0.3) is 0 Å². The lowest BCUT2D eigenvalue weighted by atomic mass is 10.3. The molecule has 1 aliphatic heterocycles. The van der Waals surface area contributed by atoms with E-state index in [4.69, 9.17) is 9.47 Å². The molecular formula is C12H22N2O4. The number of carbonyl (C=O) groups is 2. The van der Waals surface area contributed by atoms with Crippen molar-refractivity contribution in [3.8, 4) is 0 Å². The first kappa shape index (κ1) is 14.9. The molecule has 0 aromatic rings. The number of hydrogen-bond acceptors (Lipinski definition) is 4. The third-order valence-electron chi connectivity index (χ3n) is 2.78. The lowest BCUT2D eigenvalue weighted by Gasteiger charge is -2.15. The zero-order valence-corrected chi connectivity index (χ0v) is 10.9. The molecule has 104 valence electrons. The summed E-state index contributed by atoms with van der Waals surface area (Å²) in [5, 5.41) is 2.66. The summed E-state index contributed by atoms with van der Waals surface area (Å²) in [5.41, 5.74) is 0. The van der Waals surface area contributed by atoms with Crippen molar-refractivity contribution in [3.05, 3.63) is 0 Å². The maximum Gasteiger partial charge on any atom is 0.246 e. The van der Waals surface area contributed by atoms with Crippen LogP contribution in [0.1, 0.15) is 19.3 Å². The minimum Gasteiger partial charge on any atom is -0.382 e. The minimum atomic E-state index is -0.194. The topological polar surface area (TPSA) is 67.9 Å². The van der Waals surface area contributed by atoms with Crippen molar-refractivity contribution in [3.63, 3.8) is 0 Å². The highest BCUT2D eigenvalue weighted by Gasteiger charge is 2.17. The van der Waals surface area contributed by atoms with Crippen molar-refractivity contribution in [2.24, 2.45) is 0 Å². The van der Waals surface area contributed by atoms with Crippen molar-refractivity contribution in [1.82, 2.24) is 10.2 Å². The Hall–Kier alpha value is -1.14. The summed E-state index contributed by atoms with van der Waals surface area (Å²) < 4.78 is 9.85. The summed E-state index contributed by atoms with van der Waals surface area (Å²) in [6.07, 6.45) is 2.54. The number of ether oxygens (including phenoxy) is 2. The summed E-state index contributed by atoms with van der Waals surface area (Å²) >= 11 is 0. The Bertz CT molecular complexity index is 265. The van der Waals surface area contributed by atoms with Crippen LogP contribution in [0.5, 0.6) is 0 Å². The molecule has 0 aromatic carbocycles. The maximum absolute atomic E-state index is 11.7. The number of rotatable bonds is 8. The molecule has 18 heavy (non-hydrogen) atoms. The zero-order valence-electron chi connectivity index (χ0n) is 10.9. The van der Waals surface area contributed by atoms with E-state index in [0.717, 1.165) is 25.9 Å². The molecule has 6 nitrogen and oxygen atoms in total. The van der Waals surface area contributed by atoms with Crippen LogP contribution in [0.2, 0.25) is 0 Å². The number of methoxy groups -OCH3 is 1. The van der Waals surface area contributed by atoms with Crippen molar-refractivity contribution >= 4 is 11.8 Å². The fraction of sp³-hybridized carbons (Fsp3) is 0.833. The zero-order chi connectivity index (χ0) is 13.2. The number of hydrogen-bond donors (Lipinski definition) is 1. The molecule has 0 spiro atoms. The van der Waals surface area contributed by atoms with Gasteiger partial charge >= 0.3 is 0 Å². The van der Waals surface area contributed by atoms with Crippen LogP contribution >= 0.6 is 0 Å². The number of nitrogens with one attached hydrogen (secondary N) is 1. The molecule has 1 N–H and O–H groups in total. The Kier molecular flexibility index (Phi) is 7.36.